The van der Waals surface area contributed by atoms with Gasteiger partial charge in [0.15, 0.2) is 0 Å². The first-order chi connectivity index (χ1) is 7.17. The Morgan fingerprint density at radius 2 is 2.27 bits per heavy atom. The van der Waals surface area contributed by atoms with Crippen LogP contribution in [-0.2, 0) is 11.3 Å². The third-order valence-electron chi connectivity index (χ3n) is 2.59. The third-order valence-corrected chi connectivity index (χ3v) is 2.59. The summed E-state index contributed by atoms with van der Waals surface area (Å²) in [6.45, 7) is 8.05. The van der Waals surface area contributed by atoms with Crippen LogP contribution in [0.3, 0.4) is 0 Å². The van der Waals surface area contributed by atoms with Gasteiger partial charge in [0.1, 0.15) is 0 Å². The Balaban J connectivity index is 2.42. The fourth-order valence-corrected chi connectivity index (χ4v) is 1.32. The molecule has 0 fully saturated rings. The molecule has 1 aromatic rings. The predicted octanol–water partition coefficient (Wildman–Crippen LogP) is 1.59. The van der Waals surface area contributed by atoms with Gasteiger partial charge in [0.05, 0.1) is 12.3 Å². The lowest BCUT2D eigenvalue weighted by atomic mass is 10.2. The van der Waals surface area contributed by atoms with Gasteiger partial charge in [-0.1, -0.05) is 0 Å². The maximum absolute atomic E-state index is 5.18. The van der Waals surface area contributed by atoms with Crippen molar-refractivity contribution in [3.05, 3.63) is 18.0 Å². The Hall–Kier alpha value is -0.870. The Labute approximate surface area is 91.6 Å². The van der Waals surface area contributed by atoms with Crippen LogP contribution >= 0.6 is 0 Å². The molecule has 0 amide bonds. The number of methoxy groups -OCH3 is 1. The van der Waals surface area contributed by atoms with E-state index in [4.69, 9.17) is 4.74 Å². The highest BCUT2D eigenvalue weighted by molar-refractivity contribution is 5.09. The van der Waals surface area contributed by atoms with Crippen LogP contribution in [-0.4, -0.2) is 29.5 Å². The molecule has 1 rings (SSSR count). The molecule has 1 heterocycles. The van der Waals surface area contributed by atoms with Crippen LogP contribution in [0.5, 0.6) is 0 Å². The van der Waals surface area contributed by atoms with Crippen molar-refractivity contribution in [3.63, 3.8) is 0 Å². The van der Waals surface area contributed by atoms with Crippen LogP contribution in [0.2, 0.25) is 0 Å². The second-order valence-electron chi connectivity index (χ2n) is 3.81. The summed E-state index contributed by atoms with van der Waals surface area (Å²) in [7, 11) is 1.73. The van der Waals surface area contributed by atoms with Crippen molar-refractivity contribution in [1.29, 1.82) is 0 Å². The van der Waals surface area contributed by atoms with E-state index in [1.54, 1.807) is 7.11 Å². The first-order valence-electron chi connectivity index (χ1n) is 5.45. The average Bonchev–Trinajstić information content (AvgIpc) is 2.73. The fourth-order valence-electron chi connectivity index (χ4n) is 1.32. The summed E-state index contributed by atoms with van der Waals surface area (Å²) >= 11 is 0. The summed E-state index contributed by atoms with van der Waals surface area (Å²) in [5, 5.41) is 7.66. The van der Waals surface area contributed by atoms with E-state index in [1.165, 1.54) is 5.56 Å². The van der Waals surface area contributed by atoms with Crippen molar-refractivity contribution in [2.45, 2.75) is 39.5 Å². The first-order valence-corrected chi connectivity index (χ1v) is 5.45. The number of ether oxygens (including phenoxy) is 1. The van der Waals surface area contributed by atoms with E-state index in [0.717, 1.165) is 13.1 Å². The smallest absolute Gasteiger partial charge is 0.0667 e. The van der Waals surface area contributed by atoms with Crippen molar-refractivity contribution in [2.75, 3.05) is 13.7 Å². The minimum Gasteiger partial charge on any atom is -0.380 e. The zero-order chi connectivity index (χ0) is 11.3. The molecular formula is C11H21N3O. The van der Waals surface area contributed by atoms with E-state index in [-0.39, 0.29) is 6.10 Å². The summed E-state index contributed by atoms with van der Waals surface area (Å²) in [5.74, 6) is 0. The molecule has 1 aromatic heterocycles. The summed E-state index contributed by atoms with van der Waals surface area (Å²) < 4.78 is 7.12. The predicted molar refractivity (Wildman–Crippen MR) is 60.8 cm³/mol. The molecule has 1 N–H and O–H groups in total. The van der Waals surface area contributed by atoms with Crippen LogP contribution in [0.25, 0.3) is 0 Å². The molecule has 0 aliphatic rings. The van der Waals surface area contributed by atoms with Crippen LogP contribution in [0.4, 0.5) is 0 Å². The molecule has 0 saturated carbocycles. The molecule has 2 atom stereocenters. The maximum Gasteiger partial charge on any atom is 0.0667 e. The molecule has 0 spiro atoms. The molecule has 0 bridgehead atoms. The average molecular weight is 211 g/mol. The van der Waals surface area contributed by atoms with Crippen molar-refractivity contribution in [1.82, 2.24) is 15.1 Å². The highest BCUT2D eigenvalue weighted by Crippen LogP contribution is 2.10. The molecule has 0 aromatic carbocycles. The molecule has 86 valence electrons. The van der Waals surface area contributed by atoms with Crippen molar-refractivity contribution in [3.8, 4) is 0 Å². The Morgan fingerprint density at radius 1 is 1.53 bits per heavy atom. The van der Waals surface area contributed by atoms with E-state index >= 15 is 0 Å². The molecule has 0 radical (unpaired) electrons. The number of hydrogen-bond donors (Lipinski definition) is 1. The van der Waals surface area contributed by atoms with Gasteiger partial charge in [-0.25, -0.2) is 0 Å². The van der Waals surface area contributed by atoms with E-state index in [9.17, 15) is 0 Å². The molecule has 4 heteroatoms. The molecule has 0 saturated heterocycles. The number of aromatic nitrogens is 2. The largest absolute Gasteiger partial charge is 0.380 e. The van der Waals surface area contributed by atoms with E-state index in [1.807, 2.05) is 10.9 Å². The minimum atomic E-state index is 0.244. The highest BCUT2D eigenvalue weighted by atomic mass is 16.5. The zero-order valence-electron chi connectivity index (χ0n) is 10.0. The molecule has 4 nitrogen and oxygen atoms in total. The third kappa shape index (κ3) is 3.64. The molecule has 0 aliphatic carbocycles. The van der Waals surface area contributed by atoms with Crippen LogP contribution < -0.4 is 5.32 Å². The lowest BCUT2D eigenvalue weighted by molar-refractivity contribution is 0.115. The molecular weight excluding hydrogens is 190 g/mol. The number of hydrogen-bond acceptors (Lipinski definition) is 3. The van der Waals surface area contributed by atoms with Gasteiger partial charge in [-0.3, -0.25) is 4.68 Å². The lowest BCUT2D eigenvalue weighted by Crippen LogP contribution is -2.28. The van der Waals surface area contributed by atoms with Crippen molar-refractivity contribution >= 4 is 0 Å². The Bertz CT molecular complexity index is 285. The summed E-state index contributed by atoms with van der Waals surface area (Å²) in [6.07, 6.45) is 4.24. The molecule has 15 heavy (non-hydrogen) atoms. The number of rotatable bonds is 6. The summed E-state index contributed by atoms with van der Waals surface area (Å²) in [6, 6.07) is 0.322. The second kappa shape index (κ2) is 5.88. The Kier molecular flexibility index (Phi) is 4.78. The van der Waals surface area contributed by atoms with E-state index in [2.05, 4.69) is 37.4 Å². The van der Waals surface area contributed by atoms with E-state index in [0.29, 0.717) is 6.04 Å². The molecule has 0 aliphatic heterocycles. The van der Waals surface area contributed by atoms with Gasteiger partial charge in [-0.15, -0.1) is 0 Å². The maximum atomic E-state index is 5.18. The van der Waals surface area contributed by atoms with Crippen LogP contribution in [0.1, 0.15) is 32.4 Å². The zero-order valence-corrected chi connectivity index (χ0v) is 10.0. The number of nitrogens with one attached hydrogen (secondary N) is 1. The minimum absolute atomic E-state index is 0.244. The highest BCUT2D eigenvalue weighted by Gasteiger charge is 2.08. The standard InChI is InChI=1S/C11H21N3O/c1-5-14-8-11(7-13-14)10(3)12-6-9(2)15-4/h7-10,12H,5-6H2,1-4H3. The number of aryl methyl sites for hydroxylation is 1. The van der Waals surface area contributed by atoms with Crippen molar-refractivity contribution in [2.24, 2.45) is 0 Å². The lowest BCUT2D eigenvalue weighted by Gasteiger charge is -2.15. The van der Waals surface area contributed by atoms with Gasteiger partial charge >= 0.3 is 0 Å². The quantitative estimate of drug-likeness (QED) is 0.776. The number of nitrogens with zero attached hydrogens (tertiary/aromatic N) is 2. The SMILES string of the molecule is CCn1cc(C(C)NCC(C)OC)cn1. The van der Waals surface area contributed by atoms with Gasteiger partial charge in [-0.2, -0.15) is 5.10 Å². The second-order valence-corrected chi connectivity index (χ2v) is 3.81. The topological polar surface area (TPSA) is 39.1 Å². The van der Waals surface area contributed by atoms with E-state index < -0.39 is 0 Å². The van der Waals surface area contributed by atoms with Gasteiger partial charge in [0.25, 0.3) is 0 Å². The van der Waals surface area contributed by atoms with Crippen molar-refractivity contribution < 1.29 is 4.74 Å². The van der Waals surface area contributed by atoms with Crippen LogP contribution in [0, 0.1) is 0 Å². The monoisotopic (exact) mass is 211 g/mol. The fraction of sp³-hybridized carbons (Fsp3) is 0.727. The van der Waals surface area contributed by atoms with Gasteiger partial charge < -0.3 is 10.1 Å². The van der Waals surface area contributed by atoms with Gasteiger partial charge in [0.2, 0.25) is 0 Å². The summed E-state index contributed by atoms with van der Waals surface area (Å²) in [5.41, 5.74) is 1.22. The normalized spacial score (nSPS) is 15.2. The summed E-state index contributed by atoms with van der Waals surface area (Å²) in [4.78, 5) is 0. The Morgan fingerprint density at radius 3 is 2.80 bits per heavy atom. The molecule has 2 unspecified atom stereocenters. The first kappa shape index (κ1) is 12.2. The van der Waals surface area contributed by atoms with Gasteiger partial charge in [-0.05, 0) is 20.8 Å². The van der Waals surface area contributed by atoms with Gasteiger partial charge in [0, 0.05) is 38.0 Å². The van der Waals surface area contributed by atoms with Crippen LogP contribution in [0.15, 0.2) is 12.4 Å².